The highest BCUT2D eigenvalue weighted by Gasteiger charge is 2.30. The van der Waals surface area contributed by atoms with Crippen molar-refractivity contribution in [3.63, 3.8) is 0 Å². The zero-order valence-electron chi connectivity index (χ0n) is 14.3. The largest absolute Gasteiger partial charge is 0.490 e. The second-order valence-corrected chi connectivity index (χ2v) is 6.08. The van der Waals surface area contributed by atoms with Gasteiger partial charge in [-0.3, -0.25) is 10.1 Å². The molecule has 0 amide bonds. The van der Waals surface area contributed by atoms with Gasteiger partial charge in [0.05, 0.1) is 4.92 Å². The van der Waals surface area contributed by atoms with Gasteiger partial charge in [-0.2, -0.15) is 0 Å². The minimum atomic E-state index is -0.291. The lowest BCUT2D eigenvalue weighted by molar-refractivity contribution is -0.386. The molecule has 122 valence electrons. The Balaban J connectivity index is 0.000000229. The summed E-state index contributed by atoms with van der Waals surface area (Å²) < 4.78 is 5.71. The number of hydrogen-bond donors (Lipinski definition) is 0. The Hall–Kier alpha value is -2.36. The third-order valence-electron chi connectivity index (χ3n) is 4.27. The van der Waals surface area contributed by atoms with Gasteiger partial charge in [-0.15, -0.1) is 0 Å². The number of nitrogens with zero attached hydrogens (tertiary/aromatic N) is 1. The van der Waals surface area contributed by atoms with Crippen LogP contribution < -0.4 is 4.74 Å². The molecule has 4 nitrogen and oxygen atoms in total. The van der Waals surface area contributed by atoms with E-state index in [0.29, 0.717) is 0 Å². The van der Waals surface area contributed by atoms with Crippen LogP contribution in [0.15, 0.2) is 30.3 Å². The minimum absolute atomic E-state index is 0.119. The molecule has 3 rings (SSSR count). The first-order chi connectivity index (χ1) is 10.8. The van der Waals surface area contributed by atoms with Crippen LogP contribution in [0.25, 0.3) is 0 Å². The predicted molar refractivity (Wildman–Crippen MR) is 92.3 cm³/mol. The van der Waals surface area contributed by atoms with Crippen molar-refractivity contribution in [1.82, 2.24) is 0 Å². The number of nitro benzene ring substituents is 1. The molecule has 0 bridgehead atoms. The summed E-state index contributed by atoms with van der Waals surface area (Å²) in [6.45, 7) is 9.55. The molecule has 23 heavy (non-hydrogen) atoms. The number of ether oxygens (including phenoxy) is 1. The minimum Gasteiger partial charge on any atom is -0.490 e. The van der Waals surface area contributed by atoms with E-state index in [9.17, 15) is 10.1 Å². The molecule has 0 radical (unpaired) electrons. The van der Waals surface area contributed by atoms with Crippen molar-refractivity contribution in [2.75, 3.05) is 0 Å². The number of nitro groups is 1. The lowest BCUT2D eigenvalue weighted by Gasteiger charge is -2.11. The van der Waals surface area contributed by atoms with Crippen LogP contribution in [0, 0.1) is 37.8 Å². The average molecular weight is 313 g/mol. The standard InChI is InChI=1S/C12H15NO3.C7H8/c1-6-5-10-9(4)11(13(14)15)7(2)8(3)12(10)16-6;1-7-5-3-2-4-6-7/h6H,5H2,1-4H3;2-6H,1H3. The molecular formula is C19H23NO3. The number of fused-ring (bicyclic) bond motifs is 1. The van der Waals surface area contributed by atoms with E-state index in [1.165, 1.54) is 5.56 Å². The molecule has 2 aromatic carbocycles. The molecule has 1 atom stereocenters. The van der Waals surface area contributed by atoms with Crippen molar-refractivity contribution in [3.05, 3.63) is 68.3 Å². The van der Waals surface area contributed by atoms with E-state index in [0.717, 1.165) is 34.4 Å². The third kappa shape index (κ3) is 3.52. The monoisotopic (exact) mass is 313 g/mol. The fourth-order valence-electron chi connectivity index (χ4n) is 2.91. The van der Waals surface area contributed by atoms with Gasteiger partial charge in [0.2, 0.25) is 0 Å². The molecule has 0 aliphatic carbocycles. The van der Waals surface area contributed by atoms with Gasteiger partial charge in [-0.1, -0.05) is 35.9 Å². The van der Waals surface area contributed by atoms with Gasteiger partial charge in [-0.05, 0) is 34.6 Å². The quantitative estimate of drug-likeness (QED) is 0.559. The maximum absolute atomic E-state index is 11.0. The maximum Gasteiger partial charge on any atom is 0.275 e. The summed E-state index contributed by atoms with van der Waals surface area (Å²) in [6, 6.07) is 10.3. The Morgan fingerprint density at radius 1 is 1.04 bits per heavy atom. The predicted octanol–water partition coefficient (Wildman–Crippen LogP) is 4.84. The molecule has 0 fully saturated rings. The first-order valence-electron chi connectivity index (χ1n) is 7.78. The summed E-state index contributed by atoms with van der Waals surface area (Å²) in [5.74, 6) is 0.855. The molecular weight excluding hydrogens is 290 g/mol. The highest BCUT2D eigenvalue weighted by molar-refractivity contribution is 5.62. The summed E-state index contributed by atoms with van der Waals surface area (Å²) in [4.78, 5) is 10.8. The van der Waals surface area contributed by atoms with E-state index in [1.54, 1.807) is 6.92 Å². The van der Waals surface area contributed by atoms with Gasteiger partial charge >= 0.3 is 0 Å². The molecule has 4 heteroatoms. The van der Waals surface area contributed by atoms with E-state index in [2.05, 4.69) is 19.1 Å². The SMILES string of the molecule is Cc1c(C)c([N+](=O)[O-])c(C)c2c1OC(C)C2.Cc1ccccc1. The highest BCUT2D eigenvalue weighted by Crippen LogP contribution is 2.41. The number of aryl methyl sites for hydroxylation is 1. The van der Waals surface area contributed by atoms with Gasteiger partial charge in [0, 0.05) is 28.7 Å². The third-order valence-corrected chi connectivity index (χ3v) is 4.27. The molecule has 2 aromatic rings. The van der Waals surface area contributed by atoms with E-state index in [-0.39, 0.29) is 16.7 Å². The van der Waals surface area contributed by atoms with Crippen molar-refractivity contribution < 1.29 is 9.66 Å². The lowest BCUT2D eigenvalue weighted by Crippen LogP contribution is -2.05. The van der Waals surface area contributed by atoms with Crippen molar-refractivity contribution in [1.29, 1.82) is 0 Å². The van der Waals surface area contributed by atoms with Crippen molar-refractivity contribution in [3.8, 4) is 5.75 Å². The molecule has 1 unspecified atom stereocenters. The molecule has 0 saturated carbocycles. The van der Waals surface area contributed by atoms with Gasteiger partial charge < -0.3 is 4.74 Å². The summed E-state index contributed by atoms with van der Waals surface area (Å²) in [6.07, 6.45) is 0.886. The Morgan fingerprint density at radius 2 is 1.65 bits per heavy atom. The summed E-state index contributed by atoms with van der Waals surface area (Å²) >= 11 is 0. The number of rotatable bonds is 1. The normalized spacial score (nSPS) is 15.3. The first-order valence-corrected chi connectivity index (χ1v) is 7.78. The molecule has 0 saturated heterocycles. The summed E-state index contributed by atoms with van der Waals surface area (Å²) in [7, 11) is 0. The van der Waals surface area contributed by atoms with Crippen LogP contribution in [0.3, 0.4) is 0 Å². The Morgan fingerprint density at radius 3 is 2.13 bits per heavy atom. The van der Waals surface area contributed by atoms with Crippen LogP contribution >= 0.6 is 0 Å². The smallest absolute Gasteiger partial charge is 0.275 e. The van der Waals surface area contributed by atoms with Crippen molar-refractivity contribution >= 4 is 5.69 Å². The highest BCUT2D eigenvalue weighted by atomic mass is 16.6. The van der Waals surface area contributed by atoms with Crippen LogP contribution in [0.5, 0.6) is 5.75 Å². The van der Waals surface area contributed by atoms with Gasteiger partial charge in [0.25, 0.3) is 5.69 Å². The van der Waals surface area contributed by atoms with Gasteiger partial charge in [-0.25, -0.2) is 0 Å². The zero-order valence-corrected chi connectivity index (χ0v) is 14.3. The Labute approximate surface area is 137 Å². The molecule has 1 aliphatic rings. The Bertz CT molecular complexity index is 723. The van der Waals surface area contributed by atoms with Crippen molar-refractivity contribution in [2.45, 2.75) is 47.1 Å². The molecule has 0 spiro atoms. The average Bonchev–Trinajstić information content (AvgIpc) is 2.89. The van der Waals surface area contributed by atoms with E-state index >= 15 is 0 Å². The molecule has 0 N–H and O–H groups in total. The van der Waals surface area contributed by atoms with Gasteiger partial charge in [0.15, 0.2) is 0 Å². The van der Waals surface area contributed by atoms with Crippen LogP contribution in [0.4, 0.5) is 5.69 Å². The molecule has 1 aliphatic heterocycles. The number of benzene rings is 2. The second-order valence-electron chi connectivity index (χ2n) is 6.08. The number of hydrogen-bond acceptors (Lipinski definition) is 3. The van der Waals surface area contributed by atoms with Crippen LogP contribution in [-0.2, 0) is 6.42 Å². The summed E-state index contributed by atoms with van der Waals surface area (Å²) in [5.41, 5.74) is 4.94. The molecule has 1 heterocycles. The topological polar surface area (TPSA) is 52.4 Å². The maximum atomic E-state index is 11.0. The van der Waals surface area contributed by atoms with Gasteiger partial charge in [0.1, 0.15) is 11.9 Å². The fourth-order valence-corrected chi connectivity index (χ4v) is 2.91. The van der Waals surface area contributed by atoms with E-state index in [1.807, 2.05) is 39.0 Å². The first kappa shape index (κ1) is 17.0. The Kier molecular flexibility index (Phi) is 5.04. The van der Waals surface area contributed by atoms with Crippen molar-refractivity contribution in [2.24, 2.45) is 0 Å². The second kappa shape index (κ2) is 6.82. The van der Waals surface area contributed by atoms with E-state index in [4.69, 9.17) is 4.74 Å². The molecule has 0 aromatic heterocycles. The summed E-state index contributed by atoms with van der Waals surface area (Å²) in [5, 5.41) is 11.0. The van der Waals surface area contributed by atoms with E-state index < -0.39 is 0 Å². The van der Waals surface area contributed by atoms with Crippen LogP contribution in [-0.4, -0.2) is 11.0 Å². The van der Waals surface area contributed by atoms with Crippen LogP contribution in [0.1, 0.15) is 34.7 Å². The zero-order chi connectivity index (χ0) is 17.1. The van der Waals surface area contributed by atoms with Crippen LogP contribution in [0.2, 0.25) is 0 Å². The lowest BCUT2D eigenvalue weighted by atomic mass is 9.95. The fraction of sp³-hybridized carbons (Fsp3) is 0.368.